The molecule has 0 amide bonds. The van der Waals surface area contributed by atoms with Gasteiger partial charge in [-0.2, -0.15) is 0 Å². The van der Waals surface area contributed by atoms with Gasteiger partial charge in [0, 0.05) is 20.0 Å². The van der Waals surface area contributed by atoms with Gasteiger partial charge in [0.15, 0.2) is 0 Å². The van der Waals surface area contributed by atoms with Gasteiger partial charge in [-0.3, -0.25) is 0 Å². The standard InChI is InChI=1S/C8H10BrNO2S/c1-12-5-2-8(11,3-5)6-7(9)10-4-13-6/h4-5,11H,2-3H2,1H3. The van der Waals surface area contributed by atoms with Gasteiger partial charge in [-0.05, 0) is 15.9 Å². The van der Waals surface area contributed by atoms with Crippen molar-refractivity contribution < 1.29 is 9.84 Å². The number of thiazole rings is 1. The Morgan fingerprint density at radius 2 is 2.46 bits per heavy atom. The van der Waals surface area contributed by atoms with E-state index in [0.717, 1.165) is 9.48 Å². The molecule has 1 aliphatic rings. The summed E-state index contributed by atoms with van der Waals surface area (Å²) in [5.41, 5.74) is 1.03. The second-order valence-electron chi connectivity index (χ2n) is 3.27. The molecule has 0 unspecified atom stereocenters. The Kier molecular flexibility index (Phi) is 2.44. The summed E-state index contributed by atoms with van der Waals surface area (Å²) < 4.78 is 5.89. The van der Waals surface area contributed by atoms with Crippen LogP contribution in [0.1, 0.15) is 17.7 Å². The molecule has 0 aromatic carbocycles. The van der Waals surface area contributed by atoms with Crippen LogP contribution in [0.3, 0.4) is 0 Å². The molecule has 1 heterocycles. The summed E-state index contributed by atoms with van der Waals surface area (Å²) in [4.78, 5) is 4.97. The van der Waals surface area contributed by atoms with Crippen LogP contribution in [-0.2, 0) is 10.3 Å². The minimum absolute atomic E-state index is 0.194. The molecule has 1 N–H and O–H groups in total. The number of nitrogens with zero attached hydrogens (tertiary/aromatic N) is 1. The van der Waals surface area contributed by atoms with Crippen molar-refractivity contribution in [2.45, 2.75) is 24.5 Å². The SMILES string of the molecule is COC1CC(O)(c2scnc2Br)C1. The topological polar surface area (TPSA) is 42.4 Å². The maximum atomic E-state index is 10.1. The van der Waals surface area contributed by atoms with Gasteiger partial charge < -0.3 is 9.84 Å². The predicted molar refractivity (Wildman–Crippen MR) is 53.7 cm³/mol. The number of hydrogen-bond acceptors (Lipinski definition) is 4. The number of rotatable bonds is 2. The van der Waals surface area contributed by atoms with Crippen LogP contribution in [0.15, 0.2) is 10.1 Å². The molecule has 0 aliphatic heterocycles. The summed E-state index contributed by atoms with van der Waals surface area (Å²) in [6, 6.07) is 0. The molecule has 1 saturated carbocycles. The van der Waals surface area contributed by atoms with E-state index in [2.05, 4.69) is 20.9 Å². The average Bonchev–Trinajstić information content (AvgIpc) is 2.46. The number of hydrogen-bond donors (Lipinski definition) is 1. The Morgan fingerprint density at radius 3 is 2.92 bits per heavy atom. The van der Waals surface area contributed by atoms with Crippen LogP contribution in [0.25, 0.3) is 0 Å². The molecule has 0 saturated heterocycles. The van der Waals surface area contributed by atoms with Crippen LogP contribution in [0, 0.1) is 0 Å². The first-order chi connectivity index (χ1) is 6.15. The lowest BCUT2D eigenvalue weighted by atomic mass is 9.77. The Bertz CT molecular complexity index is 309. The monoisotopic (exact) mass is 263 g/mol. The molecule has 0 atom stereocenters. The Morgan fingerprint density at radius 1 is 1.77 bits per heavy atom. The molecule has 72 valence electrons. The van der Waals surface area contributed by atoms with Gasteiger partial charge in [0.2, 0.25) is 0 Å². The fourth-order valence-electron chi connectivity index (χ4n) is 1.58. The van der Waals surface area contributed by atoms with Crippen molar-refractivity contribution in [3.63, 3.8) is 0 Å². The molecule has 0 bridgehead atoms. The normalized spacial score (nSPS) is 33.0. The van der Waals surface area contributed by atoms with E-state index >= 15 is 0 Å². The maximum absolute atomic E-state index is 10.1. The number of aromatic nitrogens is 1. The molecule has 1 aliphatic carbocycles. The molecule has 1 fully saturated rings. The molecule has 1 aromatic rings. The van der Waals surface area contributed by atoms with Crippen molar-refractivity contribution in [2.75, 3.05) is 7.11 Å². The predicted octanol–water partition coefficient (Wildman–Crippen LogP) is 1.90. The van der Waals surface area contributed by atoms with Crippen LogP contribution in [0.4, 0.5) is 0 Å². The van der Waals surface area contributed by atoms with Gasteiger partial charge in [-0.15, -0.1) is 11.3 Å². The zero-order chi connectivity index (χ0) is 9.47. The van der Waals surface area contributed by atoms with Crippen LogP contribution < -0.4 is 0 Å². The lowest BCUT2D eigenvalue weighted by molar-refractivity contribution is -0.131. The van der Waals surface area contributed by atoms with Gasteiger partial charge >= 0.3 is 0 Å². The molecule has 2 rings (SSSR count). The molecule has 13 heavy (non-hydrogen) atoms. The molecular weight excluding hydrogens is 254 g/mol. The first kappa shape index (κ1) is 9.58. The number of aliphatic hydroxyl groups is 1. The third kappa shape index (κ3) is 1.54. The Labute approximate surface area is 88.9 Å². The van der Waals surface area contributed by atoms with E-state index < -0.39 is 5.60 Å². The fourth-order valence-corrected chi connectivity index (χ4v) is 3.27. The minimum atomic E-state index is -0.708. The van der Waals surface area contributed by atoms with Crippen molar-refractivity contribution in [1.29, 1.82) is 0 Å². The van der Waals surface area contributed by atoms with Crippen molar-refractivity contribution in [3.8, 4) is 0 Å². The van der Waals surface area contributed by atoms with Gasteiger partial charge in [0.1, 0.15) is 10.2 Å². The van der Waals surface area contributed by atoms with Crippen LogP contribution >= 0.6 is 27.3 Å². The van der Waals surface area contributed by atoms with Crippen LogP contribution in [-0.4, -0.2) is 23.3 Å². The van der Waals surface area contributed by atoms with Crippen molar-refractivity contribution >= 4 is 27.3 Å². The Hall–Kier alpha value is 0.0300. The highest BCUT2D eigenvalue weighted by atomic mass is 79.9. The summed E-state index contributed by atoms with van der Waals surface area (Å²) in [7, 11) is 1.67. The highest BCUT2D eigenvalue weighted by Crippen LogP contribution is 2.46. The average molecular weight is 264 g/mol. The molecule has 5 heteroatoms. The van der Waals surface area contributed by atoms with Crippen molar-refractivity contribution in [1.82, 2.24) is 4.98 Å². The van der Waals surface area contributed by atoms with Gasteiger partial charge in [-0.1, -0.05) is 0 Å². The number of methoxy groups -OCH3 is 1. The lowest BCUT2D eigenvalue weighted by Crippen LogP contribution is -2.45. The maximum Gasteiger partial charge on any atom is 0.123 e. The molecule has 0 spiro atoms. The zero-order valence-corrected chi connectivity index (χ0v) is 9.56. The largest absolute Gasteiger partial charge is 0.384 e. The van der Waals surface area contributed by atoms with Gasteiger partial charge in [0.05, 0.1) is 16.5 Å². The van der Waals surface area contributed by atoms with Crippen LogP contribution in [0.5, 0.6) is 0 Å². The quantitative estimate of drug-likeness (QED) is 0.887. The third-order valence-corrected chi connectivity index (χ3v) is 4.29. The third-order valence-electron chi connectivity index (χ3n) is 2.41. The summed E-state index contributed by atoms with van der Waals surface area (Å²) in [5, 5.41) is 10.1. The summed E-state index contributed by atoms with van der Waals surface area (Å²) in [5.74, 6) is 0. The van der Waals surface area contributed by atoms with E-state index in [0.29, 0.717) is 12.8 Å². The van der Waals surface area contributed by atoms with Crippen molar-refractivity contribution in [2.24, 2.45) is 0 Å². The van der Waals surface area contributed by atoms with E-state index in [1.54, 1.807) is 12.6 Å². The highest BCUT2D eigenvalue weighted by molar-refractivity contribution is 9.10. The smallest absolute Gasteiger partial charge is 0.123 e. The Balaban J connectivity index is 2.15. The first-order valence-electron chi connectivity index (χ1n) is 4.00. The lowest BCUT2D eigenvalue weighted by Gasteiger charge is -2.41. The first-order valence-corrected chi connectivity index (χ1v) is 5.67. The molecular formula is C8H10BrNO2S. The minimum Gasteiger partial charge on any atom is -0.384 e. The van der Waals surface area contributed by atoms with E-state index in [4.69, 9.17) is 4.74 Å². The second kappa shape index (κ2) is 3.31. The van der Waals surface area contributed by atoms with Gasteiger partial charge in [0.25, 0.3) is 0 Å². The summed E-state index contributed by atoms with van der Waals surface area (Å²) >= 11 is 4.80. The molecule has 0 radical (unpaired) electrons. The zero-order valence-electron chi connectivity index (χ0n) is 7.16. The van der Waals surface area contributed by atoms with Crippen molar-refractivity contribution in [3.05, 3.63) is 15.0 Å². The van der Waals surface area contributed by atoms with Crippen LogP contribution in [0.2, 0.25) is 0 Å². The number of ether oxygens (including phenoxy) is 1. The molecule has 1 aromatic heterocycles. The van der Waals surface area contributed by atoms with Gasteiger partial charge in [-0.25, -0.2) is 4.98 Å². The second-order valence-corrected chi connectivity index (χ2v) is 4.88. The highest BCUT2D eigenvalue weighted by Gasteiger charge is 2.46. The van der Waals surface area contributed by atoms with E-state index in [1.165, 1.54) is 11.3 Å². The van der Waals surface area contributed by atoms with E-state index in [-0.39, 0.29) is 6.10 Å². The fraction of sp³-hybridized carbons (Fsp3) is 0.625. The van der Waals surface area contributed by atoms with E-state index in [1.807, 2.05) is 0 Å². The summed E-state index contributed by atoms with van der Waals surface area (Å²) in [6.07, 6.45) is 1.54. The summed E-state index contributed by atoms with van der Waals surface area (Å²) in [6.45, 7) is 0. The number of halogens is 1. The molecule has 3 nitrogen and oxygen atoms in total. The van der Waals surface area contributed by atoms with E-state index in [9.17, 15) is 5.11 Å².